The Balaban J connectivity index is 0. The van der Waals surface area contributed by atoms with E-state index in [-0.39, 0.29) is 80.4 Å². The summed E-state index contributed by atoms with van der Waals surface area (Å²) in [5, 5.41) is 33.6. The van der Waals surface area contributed by atoms with Gasteiger partial charge in [-0.15, -0.1) is 13.2 Å². The van der Waals surface area contributed by atoms with Crippen LogP contribution in [0.25, 0.3) is 0 Å². The van der Waals surface area contributed by atoms with Crippen LogP contribution >= 0.6 is 0 Å². The number of aliphatic hydroxyl groups is 3. The van der Waals surface area contributed by atoms with Crippen LogP contribution < -0.4 is 18.9 Å². The maximum Gasteiger partial charge on any atom is 0.343 e. The number of rotatable bonds is 23. The fourth-order valence-electron chi connectivity index (χ4n) is 5.06. The Labute approximate surface area is 407 Å². The van der Waals surface area contributed by atoms with Gasteiger partial charge in [-0.3, -0.25) is 4.79 Å². The van der Waals surface area contributed by atoms with Gasteiger partial charge in [-0.25, -0.2) is 19.2 Å². The highest BCUT2D eigenvalue weighted by molar-refractivity contribution is 5.93. The maximum atomic E-state index is 12.4. The van der Waals surface area contributed by atoms with E-state index in [2.05, 4.69) is 19.7 Å². The predicted molar refractivity (Wildman–Crippen MR) is 256 cm³/mol. The molecule has 4 aromatic rings. The third kappa shape index (κ3) is 27.8. The molecule has 0 aliphatic carbocycles. The number of carboxylic acid groups (broad SMARTS) is 1. The van der Waals surface area contributed by atoms with Crippen molar-refractivity contribution in [2.45, 2.75) is 51.2 Å². The number of aliphatic hydroxyl groups excluding tert-OH is 3. The molecule has 386 valence electrons. The number of methoxy groups -OCH3 is 1. The molecule has 8 N–H and O–H groups in total. The van der Waals surface area contributed by atoms with Crippen LogP contribution in [0, 0.1) is 0 Å². The fourth-order valence-corrected chi connectivity index (χ4v) is 5.06. The molecule has 20 heteroatoms. The van der Waals surface area contributed by atoms with Crippen LogP contribution in [-0.4, -0.2) is 134 Å². The van der Waals surface area contributed by atoms with E-state index in [0.717, 1.165) is 25.7 Å². The zero-order valence-corrected chi connectivity index (χ0v) is 39.4. The molecule has 1 aliphatic rings. The Morgan fingerprint density at radius 2 is 1.06 bits per heavy atom. The summed E-state index contributed by atoms with van der Waals surface area (Å²) in [4.78, 5) is 56.2. The lowest BCUT2D eigenvalue weighted by Gasteiger charge is -2.15. The lowest BCUT2D eigenvalue weighted by Crippen LogP contribution is -2.23. The van der Waals surface area contributed by atoms with Crippen molar-refractivity contribution in [3.05, 3.63) is 145 Å². The molecular formula is C50H66O20. The number of aldehydes is 1. The zero-order valence-electron chi connectivity index (χ0n) is 39.4. The average Bonchev–Trinajstić information content (AvgIpc) is 3.79. The molecule has 2 unspecified atom stereocenters. The quantitative estimate of drug-likeness (QED) is 0.0141. The van der Waals surface area contributed by atoms with Gasteiger partial charge in [-0.05, 0) is 142 Å². The minimum absolute atomic E-state index is 0. The van der Waals surface area contributed by atoms with Crippen molar-refractivity contribution in [2.24, 2.45) is 0 Å². The van der Waals surface area contributed by atoms with Gasteiger partial charge >= 0.3 is 23.9 Å². The second-order valence-electron chi connectivity index (χ2n) is 13.5. The third-order valence-electron chi connectivity index (χ3n) is 8.64. The van der Waals surface area contributed by atoms with E-state index in [9.17, 15) is 19.2 Å². The monoisotopic (exact) mass is 986 g/mol. The first-order chi connectivity index (χ1) is 33.0. The smallest absolute Gasteiger partial charge is 0.343 e. The summed E-state index contributed by atoms with van der Waals surface area (Å²) in [6.45, 7) is 12.6. The molecule has 0 aromatic heterocycles. The van der Waals surface area contributed by atoms with Gasteiger partial charge in [-0.1, -0.05) is 6.58 Å². The molecule has 20 nitrogen and oxygen atoms in total. The number of hydrogen-bond donors (Lipinski definition) is 4. The molecule has 0 spiro atoms. The van der Waals surface area contributed by atoms with Crippen LogP contribution in [0.15, 0.2) is 123 Å². The summed E-state index contributed by atoms with van der Waals surface area (Å²) in [5.74, 6) is -0.888. The highest BCUT2D eigenvalue weighted by atomic mass is 16.7. The standard InChI is InChI=1S/C26H32O10.C15H12O5.C4H10O2.C3H4O.C2H4.2H2O/c1-19-24(12-15-32-19)34-18-35-25(28)20-6-10-23(11-7-20)36-26(29)21-4-8-22(9-5-21)33-17-31-16-30-14-3-2-13-27;1-19-12-6-4-11(5-7-12)15(18)20-13-8-2-10(3-9-13)14(16)17;5-3-1-2-4-6;1-2-3-4;1-2;;/h4-11,19,24,27H,2-3,12-18H2,1H3;2-9H,1H3,(H,16,17);5-6H,1-4H2;2-3H,1H2;1-2H2;2*1H2. The topological polar surface area (TPSA) is 312 Å². The van der Waals surface area contributed by atoms with E-state index in [1.165, 1.54) is 61.7 Å². The number of hydrogen-bond acceptors (Lipinski definition) is 17. The molecule has 1 aliphatic heterocycles. The molecule has 4 aromatic carbocycles. The normalized spacial score (nSPS) is 12.7. The number of esters is 3. The highest BCUT2D eigenvalue weighted by Crippen LogP contribution is 2.20. The molecule has 5 rings (SSSR count). The predicted octanol–water partition coefficient (Wildman–Crippen LogP) is 5.20. The number of aromatic carboxylic acids is 1. The summed E-state index contributed by atoms with van der Waals surface area (Å²) in [6.07, 6.45) is 5.40. The van der Waals surface area contributed by atoms with Crippen LogP contribution in [0.3, 0.4) is 0 Å². The van der Waals surface area contributed by atoms with E-state index in [4.69, 9.17) is 67.9 Å². The van der Waals surface area contributed by atoms with Gasteiger partial charge < -0.3 is 74.0 Å². The third-order valence-corrected chi connectivity index (χ3v) is 8.64. The summed E-state index contributed by atoms with van der Waals surface area (Å²) in [5.41, 5.74) is 1.16. The lowest BCUT2D eigenvalue weighted by atomic mass is 10.2. The average molecular weight is 987 g/mol. The molecule has 0 bridgehead atoms. The van der Waals surface area contributed by atoms with Crippen LogP contribution in [0.2, 0.25) is 0 Å². The van der Waals surface area contributed by atoms with Gasteiger partial charge in [0.05, 0.1) is 41.6 Å². The molecule has 0 saturated carbocycles. The number of allylic oxidation sites excluding steroid dienone is 1. The second kappa shape index (κ2) is 41.2. The van der Waals surface area contributed by atoms with Crippen LogP contribution in [0.4, 0.5) is 0 Å². The fraction of sp³-hybridized carbons (Fsp3) is 0.340. The SMILES string of the molecule is C=C.C=CC=O.CC1OCCC1OCOC(=O)c1ccc(OC(=O)c2ccc(OCOCOCCCCO)cc2)cc1.COc1ccc(C(=O)Oc2ccc(C(=O)O)cc2)cc1.O.O.OCCCCO. The summed E-state index contributed by atoms with van der Waals surface area (Å²) >= 11 is 0. The van der Waals surface area contributed by atoms with Crippen LogP contribution in [0.5, 0.6) is 23.0 Å². The highest BCUT2D eigenvalue weighted by Gasteiger charge is 2.25. The Morgan fingerprint density at radius 3 is 1.47 bits per heavy atom. The van der Waals surface area contributed by atoms with Crippen LogP contribution in [0.1, 0.15) is 80.5 Å². The van der Waals surface area contributed by atoms with Gasteiger partial charge in [0.1, 0.15) is 29.3 Å². The number of benzene rings is 4. The Morgan fingerprint density at radius 1 is 0.629 bits per heavy atom. The van der Waals surface area contributed by atoms with Crippen molar-refractivity contribution in [1.82, 2.24) is 0 Å². The van der Waals surface area contributed by atoms with E-state index in [1.54, 1.807) is 48.5 Å². The van der Waals surface area contributed by atoms with Crippen LogP contribution in [-0.2, 0) is 28.5 Å². The largest absolute Gasteiger partial charge is 0.497 e. The van der Waals surface area contributed by atoms with Crippen molar-refractivity contribution in [2.75, 3.05) is 60.5 Å². The van der Waals surface area contributed by atoms with Crippen molar-refractivity contribution in [3.63, 3.8) is 0 Å². The molecular weight excluding hydrogens is 921 g/mol. The van der Waals surface area contributed by atoms with Gasteiger partial charge in [0, 0.05) is 33.0 Å². The van der Waals surface area contributed by atoms with E-state index < -0.39 is 23.9 Å². The second-order valence-corrected chi connectivity index (χ2v) is 13.5. The first kappa shape index (κ1) is 65.2. The molecule has 1 fully saturated rings. The maximum absolute atomic E-state index is 12.4. The molecule has 0 amide bonds. The molecule has 1 heterocycles. The van der Waals surface area contributed by atoms with Crippen molar-refractivity contribution in [3.8, 4) is 23.0 Å². The molecule has 70 heavy (non-hydrogen) atoms. The molecule has 0 radical (unpaired) electrons. The van der Waals surface area contributed by atoms with E-state index in [0.29, 0.717) is 54.1 Å². The molecule has 1 saturated heterocycles. The Bertz CT molecular complexity index is 2000. The number of carbonyl (C=O) groups is 5. The van der Waals surface area contributed by atoms with Gasteiger partial charge in [-0.2, -0.15) is 0 Å². The zero-order chi connectivity index (χ0) is 50.4. The Hall–Kier alpha value is -6.85. The number of carbonyl (C=O) groups excluding carboxylic acids is 4. The minimum Gasteiger partial charge on any atom is -0.497 e. The molecule has 2 atom stereocenters. The van der Waals surface area contributed by atoms with E-state index >= 15 is 0 Å². The summed E-state index contributed by atoms with van der Waals surface area (Å²) < 4.78 is 47.4. The lowest BCUT2D eigenvalue weighted by molar-refractivity contribution is -0.104. The van der Waals surface area contributed by atoms with Crippen molar-refractivity contribution in [1.29, 1.82) is 0 Å². The van der Waals surface area contributed by atoms with Crippen molar-refractivity contribution >= 4 is 30.2 Å². The van der Waals surface area contributed by atoms with E-state index in [1.807, 2.05) is 6.92 Å². The van der Waals surface area contributed by atoms with Crippen molar-refractivity contribution < 1.29 is 98.0 Å². The minimum atomic E-state index is -1.03. The Kier molecular flexibility index (Phi) is 38.3. The van der Waals surface area contributed by atoms with Gasteiger partial charge in [0.25, 0.3) is 0 Å². The van der Waals surface area contributed by atoms with Gasteiger partial charge in [0.15, 0.2) is 20.4 Å². The number of unbranched alkanes of at least 4 members (excludes halogenated alkanes) is 2. The number of ether oxygens (including phenoxy) is 9. The first-order valence-electron chi connectivity index (χ1n) is 21.2. The summed E-state index contributed by atoms with van der Waals surface area (Å²) in [7, 11) is 1.54. The van der Waals surface area contributed by atoms with Gasteiger partial charge in [0.2, 0.25) is 0 Å². The first-order valence-corrected chi connectivity index (χ1v) is 21.2. The number of carboxylic acids is 1. The summed E-state index contributed by atoms with van der Waals surface area (Å²) in [6, 6.07) is 24.6.